The first-order valence-corrected chi connectivity index (χ1v) is 7.06. The second-order valence-corrected chi connectivity index (χ2v) is 4.56. The Balaban J connectivity index is 1.73. The third-order valence-corrected chi connectivity index (χ3v) is 2.82. The van der Waals surface area contributed by atoms with Gasteiger partial charge in [0.25, 0.3) is 0 Å². The lowest BCUT2D eigenvalue weighted by Crippen LogP contribution is -2.15. The highest BCUT2D eigenvalue weighted by molar-refractivity contribution is 5.90. The minimum Gasteiger partial charge on any atom is -0.493 e. The van der Waals surface area contributed by atoms with Crippen molar-refractivity contribution in [1.29, 1.82) is 0 Å². The third kappa shape index (κ3) is 5.28. The smallest absolute Gasteiger partial charge is 0.227 e. The Morgan fingerprint density at radius 3 is 2.73 bits per heavy atom. The van der Waals surface area contributed by atoms with E-state index in [2.05, 4.69) is 22.2 Å². The number of amides is 1. The molecule has 1 aromatic heterocycles. The summed E-state index contributed by atoms with van der Waals surface area (Å²) in [6.45, 7) is 4.61. The average molecular weight is 297 g/mol. The average Bonchev–Trinajstić information content (AvgIpc) is 2.55. The molecule has 2 rings (SSSR count). The highest BCUT2D eigenvalue weighted by atomic mass is 16.5. The molecule has 0 atom stereocenters. The van der Waals surface area contributed by atoms with Crippen molar-refractivity contribution in [2.45, 2.75) is 6.42 Å². The summed E-state index contributed by atoms with van der Waals surface area (Å²) in [6, 6.07) is 13.0. The summed E-state index contributed by atoms with van der Waals surface area (Å²) in [5, 5.41) is 5.85. The molecule has 0 aliphatic rings. The van der Waals surface area contributed by atoms with E-state index in [1.807, 2.05) is 30.3 Å². The number of benzene rings is 1. The van der Waals surface area contributed by atoms with Gasteiger partial charge in [-0.1, -0.05) is 24.3 Å². The summed E-state index contributed by atoms with van der Waals surface area (Å²) in [5.41, 5.74) is 0.661. The Bertz CT molecular complexity index is 597. The fraction of sp³-hybridized carbons (Fsp3) is 0.176. The molecule has 0 aliphatic heterocycles. The van der Waals surface area contributed by atoms with Crippen molar-refractivity contribution in [1.82, 2.24) is 4.98 Å². The van der Waals surface area contributed by atoms with Crippen molar-refractivity contribution in [3.63, 3.8) is 0 Å². The van der Waals surface area contributed by atoms with Gasteiger partial charge >= 0.3 is 0 Å². The number of para-hydroxylation sites is 1. The molecular weight excluding hydrogens is 278 g/mol. The summed E-state index contributed by atoms with van der Waals surface area (Å²) in [6.07, 6.45) is 3.65. The Hall–Kier alpha value is -2.82. The zero-order valence-electron chi connectivity index (χ0n) is 12.3. The Kier molecular flexibility index (Phi) is 5.99. The Morgan fingerprint density at radius 2 is 2.05 bits per heavy atom. The lowest BCUT2D eigenvalue weighted by Gasteiger charge is -2.08. The van der Waals surface area contributed by atoms with Gasteiger partial charge in [-0.2, -0.15) is 0 Å². The van der Waals surface area contributed by atoms with Crippen LogP contribution in [0.4, 0.5) is 11.5 Å². The zero-order chi connectivity index (χ0) is 15.6. The molecule has 1 amide bonds. The SMILES string of the molecule is C=CCNc1ccc(NC(=O)CCOc2ccccc2)cn1. The Morgan fingerprint density at radius 1 is 1.23 bits per heavy atom. The van der Waals surface area contributed by atoms with Crippen LogP contribution < -0.4 is 15.4 Å². The normalized spacial score (nSPS) is 9.82. The van der Waals surface area contributed by atoms with E-state index in [-0.39, 0.29) is 12.3 Å². The summed E-state index contributed by atoms with van der Waals surface area (Å²) in [5.74, 6) is 1.39. The van der Waals surface area contributed by atoms with Gasteiger partial charge in [-0.15, -0.1) is 6.58 Å². The molecule has 22 heavy (non-hydrogen) atoms. The molecule has 2 N–H and O–H groups in total. The molecule has 0 bridgehead atoms. The monoisotopic (exact) mass is 297 g/mol. The largest absolute Gasteiger partial charge is 0.493 e. The third-order valence-electron chi connectivity index (χ3n) is 2.82. The molecular formula is C17H19N3O2. The molecule has 0 fully saturated rings. The first-order valence-electron chi connectivity index (χ1n) is 7.06. The molecule has 1 heterocycles. The van der Waals surface area contributed by atoms with Crippen molar-refractivity contribution in [2.24, 2.45) is 0 Å². The predicted octanol–water partition coefficient (Wildman–Crippen LogP) is 3.09. The summed E-state index contributed by atoms with van der Waals surface area (Å²) in [4.78, 5) is 16.0. The van der Waals surface area contributed by atoms with E-state index in [4.69, 9.17) is 4.74 Å². The van der Waals surface area contributed by atoms with E-state index < -0.39 is 0 Å². The van der Waals surface area contributed by atoms with E-state index in [1.165, 1.54) is 0 Å². The van der Waals surface area contributed by atoms with Crippen LogP contribution in [0.2, 0.25) is 0 Å². The van der Waals surface area contributed by atoms with Crippen LogP contribution >= 0.6 is 0 Å². The van der Waals surface area contributed by atoms with Crippen LogP contribution in [0, 0.1) is 0 Å². The van der Waals surface area contributed by atoms with Crippen molar-refractivity contribution >= 4 is 17.4 Å². The number of anilines is 2. The number of carbonyl (C=O) groups excluding carboxylic acids is 1. The second-order valence-electron chi connectivity index (χ2n) is 4.56. The van der Waals surface area contributed by atoms with Crippen LogP contribution in [0.25, 0.3) is 0 Å². The number of rotatable bonds is 8. The van der Waals surface area contributed by atoms with Crippen LogP contribution in [0.5, 0.6) is 5.75 Å². The van der Waals surface area contributed by atoms with E-state index in [0.717, 1.165) is 11.6 Å². The summed E-state index contributed by atoms with van der Waals surface area (Å²) >= 11 is 0. The van der Waals surface area contributed by atoms with Gasteiger partial charge in [-0.3, -0.25) is 4.79 Å². The van der Waals surface area contributed by atoms with E-state index in [9.17, 15) is 4.79 Å². The van der Waals surface area contributed by atoms with Crippen molar-refractivity contribution < 1.29 is 9.53 Å². The molecule has 0 radical (unpaired) electrons. The molecule has 2 aromatic rings. The molecule has 114 valence electrons. The minimum absolute atomic E-state index is 0.107. The van der Waals surface area contributed by atoms with Gasteiger partial charge in [0.05, 0.1) is 24.9 Å². The molecule has 0 aliphatic carbocycles. The number of hydrogen-bond acceptors (Lipinski definition) is 4. The van der Waals surface area contributed by atoms with E-state index >= 15 is 0 Å². The standard InChI is InChI=1S/C17H19N3O2/c1-2-11-18-16-9-8-14(13-19-16)20-17(21)10-12-22-15-6-4-3-5-7-15/h2-9,13H,1,10-12H2,(H,18,19)(H,20,21). The van der Waals surface area contributed by atoms with Gasteiger partial charge in [0.2, 0.25) is 5.91 Å². The number of ether oxygens (including phenoxy) is 1. The van der Waals surface area contributed by atoms with Gasteiger partial charge in [0, 0.05) is 6.54 Å². The predicted molar refractivity (Wildman–Crippen MR) is 88.1 cm³/mol. The highest BCUT2D eigenvalue weighted by Gasteiger charge is 2.03. The molecule has 0 unspecified atom stereocenters. The van der Waals surface area contributed by atoms with Gasteiger partial charge < -0.3 is 15.4 Å². The van der Waals surface area contributed by atoms with Crippen molar-refractivity contribution in [2.75, 3.05) is 23.8 Å². The topological polar surface area (TPSA) is 63.2 Å². The summed E-state index contributed by atoms with van der Waals surface area (Å²) < 4.78 is 5.48. The van der Waals surface area contributed by atoms with Gasteiger partial charge in [0.15, 0.2) is 0 Å². The maximum Gasteiger partial charge on any atom is 0.227 e. The van der Waals surface area contributed by atoms with Crippen LogP contribution in [0.1, 0.15) is 6.42 Å². The van der Waals surface area contributed by atoms with Gasteiger partial charge in [0.1, 0.15) is 11.6 Å². The maximum absolute atomic E-state index is 11.8. The lowest BCUT2D eigenvalue weighted by molar-refractivity contribution is -0.116. The molecule has 5 heteroatoms. The van der Waals surface area contributed by atoms with Crippen molar-refractivity contribution in [3.8, 4) is 5.75 Å². The summed E-state index contributed by atoms with van der Waals surface area (Å²) in [7, 11) is 0. The first kappa shape index (κ1) is 15.6. The highest BCUT2D eigenvalue weighted by Crippen LogP contribution is 2.11. The molecule has 1 aromatic carbocycles. The minimum atomic E-state index is -0.107. The second kappa shape index (κ2) is 8.46. The molecule has 0 saturated heterocycles. The molecule has 0 spiro atoms. The quantitative estimate of drug-likeness (QED) is 0.735. The fourth-order valence-corrected chi connectivity index (χ4v) is 1.75. The van der Waals surface area contributed by atoms with Gasteiger partial charge in [-0.25, -0.2) is 4.98 Å². The van der Waals surface area contributed by atoms with Crippen LogP contribution in [-0.4, -0.2) is 24.0 Å². The number of hydrogen-bond donors (Lipinski definition) is 2. The number of nitrogens with one attached hydrogen (secondary N) is 2. The first-order chi connectivity index (χ1) is 10.8. The van der Waals surface area contributed by atoms with Gasteiger partial charge in [-0.05, 0) is 24.3 Å². The number of nitrogens with zero attached hydrogens (tertiary/aromatic N) is 1. The van der Waals surface area contributed by atoms with Crippen LogP contribution in [-0.2, 0) is 4.79 Å². The maximum atomic E-state index is 11.8. The van der Waals surface area contributed by atoms with E-state index in [1.54, 1.807) is 24.4 Å². The van der Waals surface area contributed by atoms with Crippen LogP contribution in [0.15, 0.2) is 61.3 Å². The number of aromatic nitrogens is 1. The number of carbonyl (C=O) groups is 1. The molecule has 5 nitrogen and oxygen atoms in total. The van der Waals surface area contributed by atoms with Crippen molar-refractivity contribution in [3.05, 3.63) is 61.3 Å². The molecule has 0 saturated carbocycles. The van der Waals surface area contributed by atoms with E-state index in [0.29, 0.717) is 18.8 Å². The Labute approximate surface area is 130 Å². The fourth-order valence-electron chi connectivity index (χ4n) is 1.75. The number of pyridine rings is 1. The zero-order valence-corrected chi connectivity index (χ0v) is 12.3. The van der Waals surface area contributed by atoms with Crippen LogP contribution in [0.3, 0.4) is 0 Å². The lowest BCUT2D eigenvalue weighted by atomic mass is 10.3.